The number of nitrogens with zero attached hydrogens (tertiary/aromatic N) is 5. The summed E-state index contributed by atoms with van der Waals surface area (Å²) in [7, 11) is 3.29. The number of anilines is 1. The highest BCUT2D eigenvalue weighted by molar-refractivity contribution is 6.30. The largest absolute Gasteiger partial charge is 0.479 e. The van der Waals surface area contributed by atoms with Crippen molar-refractivity contribution in [3.8, 4) is 17.4 Å². The SMILES string of the molecule is COc1nc(NC(=O)C(C)(C)NC(=O)c2ccc3c(C4CCCC4)c(-c4ncc(Cl)cn4)n(C)c3c2)cnc1/C=C/C(=O)O. The minimum absolute atomic E-state index is 0.0263. The summed E-state index contributed by atoms with van der Waals surface area (Å²) in [6.07, 6.45) is 11.0. The van der Waals surface area contributed by atoms with Crippen LogP contribution >= 0.6 is 11.6 Å². The van der Waals surface area contributed by atoms with E-state index in [1.807, 2.05) is 23.7 Å². The van der Waals surface area contributed by atoms with E-state index in [9.17, 15) is 14.4 Å². The summed E-state index contributed by atoms with van der Waals surface area (Å²) in [6.45, 7) is 3.15. The lowest BCUT2D eigenvalue weighted by molar-refractivity contribution is -0.131. The Balaban J connectivity index is 1.39. The van der Waals surface area contributed by atoms with E-state index in [0.29, 0.717) is 22.3 Å². The number of nitrogens with one attached hydrogen (secondary N) is 2. The molecule has 44 heavy (non-hydrogen) atoms. The van der Waals surface area contributed by atoms with Crippen LogP contribution in [-0.2, 0) is 16.6 Å². The molecule has 1 aliphatic rings. The number of aliphatic carboxylic acids is 1. The van der Waals surface area contributed by atoms with Crippen molar-refractivity contribution in [3.05, 3.63) is 64.7 Å². The predicted octanol–water partition coefficient (Wildman–Crippen LogP) is 4.99. The molecule has 0 unspecified atom stereocenters. The smallest absolute Gasteiger partial charge is 0.328 e. The number of ether oxygens (including phenoxy) is 1. The fraction of sp³-hybridized carbons (Fsp3) is 0.323. The van der Waals surface area contributed by atoms with Crippen LogP contribution in [0.1, 0.15) is 67.1 Å². The van der Waals surface area contributed by atoms with Crippen molar-refractivity contribution in [2.75, 3.05) is 12.4 Å². The third kappa shape index (κ3) is 6.25. The summed E-state index contributed by atoms with van der Waals surface area (Å²) in [4.78, 5) is 54.8. The quantitative estimate of drug-likeness (QED) is 0.220. The van der Waals surface area contributed by atoms with Gasteiger partial charge in [-0.25, -0.2) is 19.7 Å². The van der Waals surface area contributed by atoms with Gasteiger partial charge in [0.1, 0.15) is 11.2 Å². The Morgan fingerprint density at radius 3 is 2.48 bits per heavy atom. The number of amides is 2. The van der Waals surface area contributed by atoms with Crippen LogP contribution < -0.4 is 15.4 Å². The van der Waals surface area contributed by atoms with Crippen LogP contribution in [0, 0.1) is 0 Å². The molecule has 228 valence electrons. The number of halogens is 1. The molecule has 0 saturated heterocycles. The first-order valence-electron chi connectivity index (χ1n) is 14.0. The molecule has 4 aromatic rings. The average Bonchev–Trinajstić information content (AvgIpc) is 3.62. The Hall–Kier alpha value is -4.84. The molecule has 3 heterocycles. The maximum Gasteiger partial charge on any atom is 0.328 e. The summed E-state index contributed by atoms with van der Waals surface area (Å²) < 4.78 is 7.19. The van der Waals surface area contributed by atoms with Crippen molar-refractivity contribution in [2.24, 2.45) is 7.05 Å². The number of methoxy groups -OCH3 is 1. The molecule has 0 bridgehead atoms. The standard InChI is InChI=1S/C31H32ClN7O5/c1-31(2,30(43)37-23-16-33-21(11-12-24(40)41)29(36-23)44-4)38-28(42)18-9-10-20-22(13-18)39(3)26(25(20)17-7-5-6-8-17)27-34-14-19(32)15-35-27/h9-17H,5-8H2,1-4H3,(H,38,42)(H,40,41)(H,36,37,43)/b12-11+. The van der Waals surface area contributed by atoms with Crippen molar-refractivity contribution in [3.63, 3.8) is 0 Å². The van der Waals surface area contributed by atoms with Crippen molar-refractivity contribution >= 4 is 52.2 Å². The predicted molar refractivity (Wildman–Crippen MR) is 166 cm³/mol. The minimum Gasteiger partial charge on any atom is -0.479 e. The molecule has 1 aliphatic carbocycles. The first kappa shape index (κ1) is 30.6. The van der Waals surface area contributed by atoms with Gasteiger partial charge in [0.15, 0.2) is 11.6 Å². The Labute approximate surface area is 258 Å². The molecule has 0 atom stereocenters. The molecule has 0 aliphatic heterocycles. The van der Waals surface area contributed by atoms with Crippen LogP contribution in [0.2, 0.25) is 5.02 Å². The molecular weight excluding hydrogens is 586 g/mol. The molecule has 12 nitrogen and oxygen atoms in total. The second kappa shape index (κ2) is 12.4. The molecule has 13 heteroatoms. The van der Waals surface area contributed by atoms with Gasteiger partial charge in [-0.2, -0.15) is 4.98 Å². The van der Waals surface area contributed by atoms with Gasteiger partial charge in [0.25, 0.3) is 11.8 Å². The van der Waals surface area contributed by atoms with E-state index in [2.05, 4.69) is 30.6 Å². The van der Waals surface area contributed by atoms with Gasteiger partial charge in [-0.05, 0) is 56.4 Å². The summed E-state index contributed by atoms with van der Waals surface area (Å²) >= 11 is 6.06. The average molecular weight is 618 g/mol. The highest BCUT2D eigenvalue weighted by atomic mass is 35.5. The van der Waals surface area contributed by atoms with Crippen LogP contribution in [0.4, 0.5) is 5.82 Å². The molecule has 2 amide bonds. The van der Waals surface area contributed by atoms with E-state index in [-0.39, 0.29) is 17.4 Å². The van der Waals surface area contributed by atoms with Gasteiger partial charge in [-0.1, -0.05) is 30.5 Å². The van der Waals surface area contributed by atoms with Crippen molar-refractivity contribution in [1.82, 2.24) is 29.8 Å². The van der Waals surface area contributed by atoms with E-state index in [4.69, 9.17) is 21.4 Å². The van der Waals surface area contributed by atoms with E-state index in [0.717, 1.165) is 48.4 Å². The maximum absolute atomic E-state index is 13.5. The van der Waals surface area contributed by atoms with Crippen molar-refractivity contribution in [2.45, 2.75) is 51.0 Å². The van der Waals surface area contributed by atoms with Gasteiger partial charge in [0, 0.05) is 42.0 Å². The number of fused-ring (bicyclic) bond motifs is 1. The highest BCUT2D eigenvalue weighted by Crippen LogP contribution is 2.44. The Kier molecular flexibility index (Phi) is 8.63. The number of carbonyl (C=O) groups excluding carboxylic acids is 2. The topological polar surface area (TPSA) is 161 Å². The van der Waals surface area contributed by atoms with Crippen LogP contribution in [0.15, 0.2) is 42.9 Å². The minimum atomic E-state index is -1.34. The van der Waals surface area contributed by atoms with Gasteiger partial charge in [0.2, 0.25) is 5.88 Å². The van der Waals surface area contributed by atoms with Gasteiger partial charge in [-0.15, -0.1) is 0 Å². The van der Waals surface area contributed by atoms with E-state index < -0.39 is 23.3 Å². The first-order valence-corrected chi connectivity index (χ1v) is 14.4. The fourth-order valence-corrected chi connectivity index (χ4v) is 5.58. The van der Waals surface area contributed by atoms with E-state index >= 15 is 0 Å². The third-order valence-electron chi connectivity index (χ3n) is 7.68. The lowest BCUT2D eigenvalue weighted by Gasteiger charge is -2.25. The number of carbonyl (C=O) groups is 3. The number of hydrogen-bond acceptors (Lipinski definition) is 8. The maximum atomic E-state index is 13.5. The van der Waals surface area contributed by atoms with Gasteiger partial charge in [0.05, 0.1) is 24.0 Å². The number of carboxylic acids is 1. The summed E-state index contributed by atoms with van der Waals surface area (Å²) in [5.74, 6) is -1.09. The zero-order chi connectivity index (χ0) is 31.6. The van der Waals surface area contributed by atoms with Crippen molar-refractivity contribution in [1.29, 1.82) is 0 Å². The molecule has 0 radical (unpaired) electrons. The van der Waals surface area contributed by atoms with Crippen LogP contribution in [0.3, 0.4) is 0 Å². The normalized spacial score (nSPS) is 13.8. The molecule has 1 saturated carbocycles. The van der Waals surface area contributed by atoms with E-state index in [1.165, 1.54) is 24.9 Å². The fourth-order valence-electron chi connectivity index (χ4n) is 5.48. The molecule has 5 rings (SSSR count). The second-order valence-electron chi connectivity index (χ2n) is 11.1. The number of carboxylic acid groups (broad SMARTS) is 1. The molecule has 0 spiro atoms. The van der Waals surface area contributed by atoms with Crippen LogP contribution in [0.5, 0.6) is 5.88 Å². The van der Waals surface area contributed by atoms with E-state index in [1.54, 1.807) is 32.3 Å². The van der Waals surface area contributed by atoms with Gasteiger partial charge >= 0.3 is 5.97 Å². The Morgan fingerprint density at radius 1 is 1.11 bits per heavy atom. The zero-order valence-electron chi connectivity index (χ0n) is 24.7. The van der Waals surface area contributed by atoms with Crippen LogP contribution in [-0.4, -0.2) is 60.0 Å². The van der Waals surface area contributed by atoms with Gasteiger partial charge in [-0.3, -0.25) is 9.59 Å². The molecule has 1 fully saturated rings. The van der Waals surface area contributed by atoms with Crippen LogP contribution in [0.25, 0.3) is 28.5 Å². The Bertz CT molecular complexity index is 1780. The number of rotatable bonds is 9. The lowest BCUT2D eigenvalue weighted by atomic mass is 9.93. The molecule has 1 aromatic carbocycles. The monoisotopic (exact) mass is 617 g/mol. The third-order valence-corrected chi connectivity index (χ3v) is 7.87. The summed E-state index contributed by atoms with van der Waals surface area (Å²) in [6, 6.07) is 5.53. The lowest BCUT2D eigenvalue weighted by Crippen LogP contribution is -2.52. The van der Waals surface area contributed by atoms with Crippen molar-refractivity contribution < 1.29 is 24.2 Å². The second-order valence-corrected chi connectivity index (χ2v) is 11.6. The Morgan fingerprint density at radius 2 is 1.82 bits per heavy atom. The van der Waals surface area contributed by atoms with Gasteiger partial charge < -0.3 is 25.0 Å². The number of aromatic nitrogens is 5. The summed E-state index contributed by atoms with van der Waals surface area (Å²) in [5.41, 5.74) is 2.16. The molecule has 3 N–H and O–H groups in total. The number of benzene rings is 1. The number of hydrogen-bond donors (Lipinski definition) is 3. The first-order chi connectivity index (χ1) is 21.0. The zero-order valence-corrected chi connectivity index (χ0v) is 25.5. The summed E-state index contributed by atoms with van der Waals surface area (Å²) in [5, 5.41) is 15.8. The molecular formula is C31H32ClN7O5. The highest BCUT2D eigenvalue weighted by Gasteiger charge is 2.32. The number of aryl methyl sites for hydroxylation is 1. The molecule has 3 aromatic heterocycles.